The minimum absolute atomic E-state index is 0.00890. The Morgan fingerprint density at radius 1 is 1.18 bits per heavy atom. The molecule has 0 aliphatic heterocycles. The van der Waals surface area contributed by atoms with Gasteiger partial charge in [0, 0.05) is 28.6 Å². The Morgan fingerprint density at radius 3 is 2.32 bits per heavy atom. The lowest BCUT2D eigenvalue weighted by molar-refractivity contribution is -0.153. The number of nitrogens with two attached hydrogens (primary N) is 1. The van der Waals surface area contributed by atoms with E-state index in [1.165, 1.54) is 11.0 Å². The number of carbonyl (C=O) groups is 3. The predicted octanol–water partition coefficient (Wildman–Crippen LogP) is 1.85. The van der Waals surface area contributed by atoms with Crippen LogP contribution in [0.3, 0.4) is 0 Å². The highest BCUT2D eigenvalue weighted by molar-refractivity contribution is 6.32. The number of fused-ring (bicyclic) bond motifs is 3. The number of phenols is 1. The molecular formula is C27H34ClN3O7. The lowest BCUT2D eigenvalue weighted by Gasteiger charge is -2.50. The van der Waals surface area contributed by atoms with Gasteiger partial charge in [0.15, 0.2) is 11.4 Å². The minimum Gasteiger partial charge on any atom is -0.508 e. The van der Waals surface area contributed by atoms with Crippen molar-refractivity contribution in [3.63, 3.8) is 0 Å². The molecule has 0 heterocycles. The van der Waals surface area contributed by atoms with Gasteiger partial charge in [-0.2, -0.15) is 0 Å². The van der Waals surface area contributed by atoms with Crippen LogP contribution in [-0.2, 0) is 27.3 Å². The van der Waals surface area contributed by atoms with Crippen LogP contribution >= 0.6 is 11.6 Å². The monoisotopic (exact) mass is 547 g/mol. The number of benzene rings is 1. The number of hydrogen-bond donors (Lipinski definition) is 5. The van der Waals surface area contributed by atoms with Gasteiger partial charge in [0.05, 0.1) is 11.6 Å². The number of Topliss-reactive ketones (excluding diaryl/α,β-unsaturated/α-hetero) is 2. The Hall–Kier alpha value is -2.92. The molecule has 6 N–H and O–H groups in total. The van der Waals surface area contributed by atoms with E-state index in [1.807, 2.05) is 27.8 Å². The number of hydrogen-bond acceptors (Lipinski definition) is 9. The van der Waals surface area contributed by atoms with Crippen LogP contribution in [-0.4, -0.2) is 86.0 Å². The van der Waals surface area contributed by atoms with Gasteiger partial charge in [-0.15, -0.1) is 0 Å². The molecule has 3 aliphatic carbocycles. The van der Waals surface area contributed by atoms with E-state index in [4.69, 9.17) is 17.3 Å². The molecule has 4 rings (SSSR count). The number of aliphatic hydroxyl groups is 3. The molecule has 38 heavy (non-hydrogen) atoms. The maximum absolute atomic E-state index is 13.8. The normalized spacial score (nSPS) is 27.6. The zero-order valence-electron chi connectivity index (χ0n) is 22.3. The van der Waals surface area contributed by atoms with Crippen LogP contribution in [0.25, 0.3) is 5.76 Å². The van der Waals surface area contributed by atoms with Gasteiger partial charge in [0.25, 0.3) is 5.91 Å². The van der Waals surface area contributed by atoms with E-state index >= 15 is 0 Å². The van der Waals surface area contributed by atoms with E-state index in [1.54, 1.807) is 14.1 Å². The zero-order chi connectivity index (χ0) is 28.6. The molecule has 0 spiro atoms. The van der Waals surface area contributed by atoms with E-state index in [2.05, 4.69) is 4.90 Å². The van der Waals surface area contributed by atoms with Gasteiger partial charge >= 0.3 is 0 Å². The Bertz CT molecular complexity index is 1330. The Balaban J connectivity index is 1.90. The Labute approximate surface area is 226 Å². The van der Waals surface area contributed by atoms with Gasteiger partial charge in [-0.1, -0.05) is 11.6 Å². The number of likely N-dealkylation sites (N-methyl/N-ethyl adjacent to an activating group) is 1. The van der Waals surface area contributed by atoms with Gasteiger partial charge in [-0.3, -0.25) is 24.2 Å². The summed E-state index contributed by atoms with van der Waals surface area (Å²) < 4.78 is 0. The molecule has 1 fully saturated rings. The van der Waals surface area contributed by atoms with Crippen molar-refractivity contribution in [1.29, 1.82) is 0 Å². The number of amides is 1. The van der Waals surface area contributed by atoms with Crippen LogP contribution in [0.4, 0.5) is 0 Å². The standard InChI is InChI=1S/C27H34ClN3O7/c1-26(2,3)31(6)10-12-9-15(32)17-13(19(12)28)7-11-8-14-20(30(4)5)22(34)18(25(29)37)24(36)27(14,38)23(35)16(11)21(17)33/h9,11,14,20,32-33,36,38H,7-8,10H2,1-6H3,(H2,29,37)/t11-,14-,20-,27-/m0/s1. The molecule has 10 nitrogen and oxygen atoms in total. The number of nitrogens with zero attached hydrogens (tertiary/aromatic N) is 2. The van der Waals surface area contributed by atoms with Gasteiger partial charge < -0.3 is 26.2 Å². The maximum Gasteiger partial charge on any atom is 0.255 e. The summed E-state index contributed by atoms with van der Waals surface area (Å²) in [6, 6.07) is 0.304. The highest BCUT2D eigenvalue weighted by Gasteiger charge is 2.64. The number of ketones is 2. The zero-order valence-corrected chi connectivity index (χ0v) is 23.0. The lowest BCUT2D eigenvalue weighted by Crippen LogP contribution is -2.65. The third kappa shape index (κ3) is 3.93. The minimum atomic E-state index is -2.67. The van der Waals surface area contributed by atoms with Crippen LogP contribution in [0.2, 0.25) is 5.02 Å². The number of carbonyl (C=O) groups excluding carboxylic acids is 3. The molecular weight excluding hydrogens is 514 g/mol. The summed E-state index contributed by atoms with van der Waals surface area (Å²) in [5.41, 5.74) is 2.52. The van der Waals surface area contributed by atoms with Gasteiger partial charge in [0.2, 0.25) is 5.78 Å². The van der Waals surface area contributed by atoms with Crippen LogP contribution in [0.1, 0.15) is 43.9 Å². The largest absolute Gasteiger partial charge is 0.508 e. The quantitative estimate of drug-likeness (QED) is 0.354. The summed E-state index contributed by atoms with van der Waals surface area (Å²) in [7, 11) is 5.03. The molecule has 1 aromatic carbocycles. The molecule has 0 unspecified atom stereocenters. The van der Waals surface area contributed by atoms with E-state index in [0.29, 0.717) is 22.7 Å². The van der Waals surface area contributed by atoms with Crippen molar-refractivity contribution >= 4 is 34.8 Å². The average Bonchev–Trinajstić information content (AvgIpc) is 2.78. The van der Waals surface area contributed by atoms with Crippen molar-refractivity contribution in [2.75, 3.05) is 21.1 Å². The molecule has 0 bridgehead atoms. The first-order chi connectivity index (χ1) is 17.4. The third-order valence-corrected chi connectivity index (χ3v) is 8.75. The van der Waals surface area contributed by atoms with E-state index in [0.717, 1.165) is 0 Å². The second-order valence-electron chi connectivity index (χ2n) is 11.7. The Kier molecular flexibility index (Phi) is 6.72. The third-order valence-electron chi connectivity index (χ3n) is 8.28. The smallest absolute Gasteiger partial charge is 0.255 e. The summed E-state index contributed by atoms with van der Waals surface area (Å²) in [6.45, 7) is 6.52. The molecule has 206 valence electrons. The van der Waals surface area contributed by atoms with Crippen molar-refractivity contribution < 1.29 is 34.8 Å². The van der Waals surface area contributed by atoms with Crippen LogP contribution in [0.5, 0.6) is 5.75 Å². The van der Waals surface area contributed by atoms with Crippen molar-refractivity contribution in [3.05, 3.63) is 44.7 Å². The summed E-state index contributed by atoms with van der Waals surface area (Å²) in [5, 5.41) is 45.1. The van der Waals surface area contributed by atoms with Crippen molar-refractivity contribution in [3.8, 4) is 5.75 Å². The van der Waals surface area contributed by atoms with Crippen LogP contribution < -0.4 is 5.73 Å². The summed E-state index contributed by atoms with van der Waals surface area (Å²) in [6.07, 6.45) is 0.156. The number of phenolic OH excluding ortho intramolecular Hbond substituents is 1. The number of aliphatic hydroxyl groups excluding tert-OH is 2. The molecule has 1 aromatic rings. The molecule has 4 atom stereocenters. The van der Waals surface area contributed by atoms with Crippen molar-refractivity contribution in [2.24, 2.45) is 17.6 Å². The molecule has 0 aromatic heterocycles. The first kappa shape index (κ1) is 28.1. The second kappa shape index (κ2) is 9.08. The summed E-state index contributed by atoms with van der Waals surface area (Å²) >= 11 is 6.80. The molecule has 1 amide bonds. The fourth-order valence-corrected chi connectivity index (χ4v) is 6.24. The molecule has 11 heteroatoms. The number of rotatable bonds is 4. The molecule has 0 radical (unpaired) electrons. The maximum atomic E-state index is 13.8. The van der Waals surface area contributed by atoms with E-state index in [9.17, 15) is 34.8 Å². The van der Waals surface area contributed by atoms with Crippen LogP contribution in [0.15, 0.2) is 23.0 Å². The molecule has 3 aliphatic rings. The second-order valence-corrected chi connectivity index (χ2v) is 12.1. The lowest BCUT2D eigenvalue weighted by atomic mass is 9.57. The predicted molar refractivity (Wildman–Crippen MR) is 140 cm³/mol. The topological polar surface area (TPSA) is 165 Å². The average molecular weight is 548 g/mol. The van der Waals surface area contributed by atoms with Gasteiger partial charge in [0.1, 0.15) is 22.8 Å². The van der Waals surface area contributed by atoms with E-state index < -0.39 is 58.0 Å². The number of aromatic hydroxyl groups is 1. The number of halogens is 1. The van der Waals surface area contributed by atoms with E-state index in [-0.39, 0.29) is 35.3 Å². The fraction of sp³-hybridized carbons (Fsp3) is 0.519. The van der Waals surface area contributed by atoms with Gasteiger partial charge in [-0.25, -0.2) is 0 Å². The van der Waals surface area contributed by atoms with Crippen molar-refractivity contribution in [2.45, 2.75) is 57.3 Å². The SMILES string of the molecule is CN(C)[C@@H]1C(=O)C(C(N)=O)=C(O)[C@@]2(O)C(=O)C3=C(O)c4c(O)cc(CN(C)C(C)(C)C)c(Cl)c4C[C@H]3C[C@@H]12. The first-order valence-corrected chi connectivity index (χ1v) is 12.7. The summed E-state index contributed by atoms with van der Waals surface area (Å²) in [5.74, 6) is -6.88. The fourth-order valence-electron chi connectivity index (χ4n) is 5.95. The first-order valence-electron chi connectivity index (χ1n) is 12.3. The van der Waals surface area contributed by atoms with Crippen LogP contribution in [0, 0.1) is 11.8 Å². The van der Waals surface area contributed by atoms with Crippen molar-refractivity contribution in [1.82, 2.24) is 9.80 Å². The number of primary amides is 1. The highest BCUT2D eigenvalue weighted by atomic mass is 35.5. The Morgan fingerprint density at radius 2 is 1.79 bits per heavy atom. The highest BCUT2D eigenvalue weighted by Crippen LogP contribution is 2.53. The molecule has 1 saturated carbocycles. The summed E-state index contributed by atoms with van der Waals surface area (Å²) in [4.78, 5) is 42.6. The van der Waals surface area contributed by atoms with Gasteiger partial charge in [-0.05, 0) is 77.9 Å². The molecule has 0 saturated heterocycles.